The molecule has 0 aliphatic carbocycles. The van der Waals surface area contributed by atoms with Crippen LogP contribution in [0.1, 0.15) is 30.6 Å². The lowest BCUT2D eigenvalue weighted by Gasteiger charge is -2.16. The van der Waals surface area contributed by atoms with Crippen molar-refractivity contribution < 1.29 is 24.1 Å². The second-order valence-corrected chi connectivity index (χ2v) is 6.28. The summed E-state index contributed by atoms with van der Waals surface area (Å²) >= 11 is 11.9. The molecule has 0 saturated heterocycles. The van der Waals surface area contributed by atoms with Gasteiger partial charge in [-0.1, -0.05) is 29.3 Å². The highest BCUT2D eigenvalue weighted by molar-refractivity contribution is 6.42. The van der Waals surface area contributed by atoms with E-state index in [1.165, 1.54) is 7.11 Å². The van der Waals surface area contributed by atoms with E-state index in [1.807, 2.05) is 6.07 Å². The molecule has 2 aromatic rings. The highest BCUT2D eigenvalue weighted by Crippen LogP contribution is 2.32. The van der Waals surface area contributed by atoms with Gasteiger partial charge in [0.15, 0.2) is 0 Å². The van der Waals surface area contributed by atoms with E-state index in [1.54, 1.807) is 37.3 Å². The summed E-state index contributed by atoms with van der Waals surface area (Å²) < 4.78 is 15.9. The van der Waals surface area contributed by atoms with E-state index in [0.717, 1.165) is 5.56 Å². The van der Waals surface area contributed by atoms with Crippen LogP contribution in [0, 0.1) is 0 Å². The highest BCUT2D eigenvalue weighted by Gasteiger charge is 2.18. The fraction of sp³-hybridized carbons (Fsp3) is 0.316. The van der Waals surface area contributed by atoms with Gasteiger partial charge in [0.25, 0.3) is 0 Å². The third-order valence-corrected chi connectivity index (χ3v) is 4.36. The van der Waals surface area contributed by atoms with Crippen molar-refractivity contribution in [3.8, 4) is 11.5 Å². The van der Waals surface area contributed by atoms with Crippen molar-refractivity contribution in [1.29, 1.82) is 0 Å². The number of rotatable bonds is 8. The molecule has 0 bridgehead atoms. The van der Waals surface area contributed by atoms with Crippen molar-refractivity contribution in [2.75, 3.05) is 13.7 Å². The fourth-order valence-corrected chi connectivity index (χ4v) is 2.66. The van der Waals surface area contributed by atoms with Crippen LogP contribution in [0.4, 0.5) is 0 Å². The summed E-state index contributed by atoms with van der Waals surface area (Å²) in [6.07, 6.45) is -1.17. The van der Waals surface area contributed by atoms with Crippen LogP contribution in [0.3, 0.4) is 0 Å². The molecule has 0 amide bonds. The third-order valence-electron chi connectivity index (χ3n) is 3.62. The lowest BCUT2D eigenvalue weighted by Crippen LogP contribution is -2.11. The Balaban J connectivity index is 2.07. The molecule has 0 radical (unpaired) electrons. The minimum atomic E-state index is -1.02. The summed E-state index contributed by atoms with van der Waals surface area (Å²) in [4.78, 5) is 11.5. The number of aliphatic hydroxyl groups is 1. The maximum atomic E-state index is 11.5. The van der Waals surface area contributed by atoms with E-state index in [4.69, 9.17) is 37.4 Å². The van der Waals surface area contributed by atoms with Crippen molar-refractivity contribution in [3.05, 3.63) is 57.6 Å². The Morgan fingerprint density at radius 1 is 1.15 bits per heavy atom. The predicted molar refractivity (Wildman–Crippen MR) is 100.0 cm³/mol. The number of halogens is 2. The molecule has 26 heavy (non-hydrogen) atoms. The lowest BCUT2D eigenvalue weighted by molar-refractivity contribution is -0.145. The van der Waals surface area contributed by atoms with E-state index >= 15 is 0 Å². The number of aliphatic hydroxyl groups excluding tert-OH is 1. The average molecular weight is 399 g/mol. The Hall–Kier alpha value is -1.95. The van der Waals surface area contributed by atoms with Crippen LogP contribution < -0.4 is 9.47 Å². The molecule has 0 spiro atoms. The number of hydrogen-bond acceptors (Lipinski definition) is 5. The molecule has 1 atom stereocenters. The summed E-state index contributed by atoms with van der Waals surface area (Å²) in [6.45, 7) is 2.28. The first-order valence-corrected chi connectivity index (χ1v) is 8.78. The predicted octanol–water partition coefficient (Wildman–Crippen LogP) is 4.57. The zero-order valence-electron chi connectivity index (χ0n) is 14.5. The van der Waals surface area contributed by atoms with E-state index in [-0.39, 0.29) is 13.0 Å². The second kappa shape index (κ2) is 9.67. The topological polar surface area (TPSA) is 65.0 Å². The quantitative estimate of drug-likeness (QED) is 0.659. The molecular weight excluding hydrogens is 379 g/mol. The standard InChI is InChI=1S/C19H20Cl2O5/c1-3-25-19(23)10-17(22)14-6-5-13(9-18(14)24-2)26-11-12-4-7-15(20)16(21)8-12/h4-9,17,22H,3,10-11H2,1-2H3. The summed E-state index contributed by atoms with van der Waals surface area (Å²) in [5.41, 5.74) is 1.35. The number of carbonyl (C=O) groups excluding carboxylic acids is 1. The van der Waals surface area contributed by atoms with Gasteiger partial charge < -0.3 is 19.3 Å². The van der Waals surface area contributed by atoms with Gasteiger partial charge in [-0.3, -0.25) is 4.79 Å². The number of ether oxygens (including phenoxy) is 3. The average Bonchev–Trinajstić information content (AvgIpc) is 2.62. The molecule has 0 aromatic heterocycles. The SMILES string of the molecule is CCOC(=O)CC(O)c1ccc(OCc2ccc(Cl)c(Cl)c2)cc1OC. The monoisotopic (exact) mass is 398 g/mol. The normalized spacial score (nSPS) is 11.7. The Morgan fingerprint density at radius 2 is 1.92 bits per heavy atom. The third kappa shape index (κ3) is 5.53. The van der Waals surface area contributed by atoms with Crippen LogP contribution in [0.15, 0.2) is 36.4 Å². The number of carbonyl (C=O) groups is 1. The van der Waals surface area contributed by atoms with E-state index < -0.39 is 12.1 Å². The van der Waals surface area contributed by atoms with Gasteiger partial charge in [0.1, 0.15) is 18.1 Å². The minimum absolute atomic E-state index is 0.145. The van der Waals surface area contributed by atoms with Crippen molar-refractivity contribution in [2.24, 2.45) is 0 Å². The molecule has 0 aliphatic rings. The van der Waals surface area contributed by atoms with Crippen LogP contribution in [-0.2, 0) is 16.1 Å². The number of benzene rings is 2. The Morgan fingerprint density at radius 3 is 2.58 bits per heavy atom. The summed E-state index contributed by atoms with van der Waals surface area (Å²) in [5, 5.41) is 11.2. The van der Waals surface area contributed by atoms with Crippen LogP contribution in [-0.4, -0.2) is 24.8 Å². The first kappa shape index (κ1) is 20.4. The van der Waals surface area contributed by atoms with Crippen molar-refractivity contribution in [1.82, 2.24) is 0 Å². The molecular formula is C19H20Cl2O5. The fourth-order valence-electron chi connectivity index (χ4n) is 2.34. The van der Waals surface area contributed by atoms with Crippen molar-refractivity contribution in [2.45, 2.75) is 26.1 Å². The van der Waals surface area contributed by atoms with E-state index in [9.17, 15) is 9.90 Å². The Kier molecular flexibility index (Phi) is 7.57. The van der Waals surface area contributed by atoms with Gasteiger partial charge in [-0.2, -0.15) is 0 Å². The van der Waals surface area contributed by atoms with Crippen LogP contribution in [0.25, 0.3) is 0 Å². The van der Waals surface area contributed by atoms with Crippen LogP contribution >= 0.6 is 23.2 Å². The Bertz CT molecular complexity index is 764. The summed E-state index contributed by atoms with van der Waals surface area (Å²) in [6, 6.07) is 10.3. The zero-order valence-corrected chi connectivity index (χ0v) is 16.0. The van der Waals surface area contributed by atoms with Gasteiger partial charge >= 0.3 is 5.97 Å². The van der Waals surface area contributed by atoms with Gasteiger partial charge in [0.2, 0.25) is 0 Å². The molecule has 0 aliphatic heterocycles. The highest BCUT2D eigenvalue weighted by atomic mass is 35.5. The zero-order chi connectivity index (χ0) is 19.1. The maximum absolute atomic E-state index is 11.5. The molecule has 7 heteroatoms. The maximum Gasteiger partial charge on any atom is 0.308 e. The molecule has 0 fully saturated rings. The summed E-state index contributed by atoms with van der Waals surface area (Å²) in [5.74, 6) is 0.510. The van der Waals surface area contributed by atoms with Gasteiger partial charge in [-0.25, -0.2) is 0 Å². The van der Waals surface area contributed by atoms with Gasteiger partial charge in [0, 0.05) is 11.6 Å². The molecule has 2 rings (SSSR count). The lowest BCUT2D eigenvalue weighted by atomic mass is 10.1. The van der Waals surface area contributed by atoms with E-state index in [2.05, 4.69) is 0 Å². The minimum Gasteiger partial charge on any atom is -0.496 e. The summed E-state index contributed by atoms with van der Waals surface area (Å²) in [7, 11) is 1.48. The Labute approximate surface area is 162 Å². The van der Waals surface area contributed by atoms with E-state index in [0.29, 0.717) is 33.7 Å². The first-order chi connectivity index (χ1) is 12.4. The molecule has 1 unspecified atom stereocenters. The number of esters is 1. The first-order valence-electron chi connectivity index (χ1n) is 8.03. The molecule has 140 valence electrons. The van der Waals surface area contributed by atoms with Crippen LogP contribution in [0.2, 0.25) is 10.0 Å². The molecule has 0 heterocycles. The number of hydrogen-bond donors (Lipinski definition) is 1. The van der Waals surface area contributed by atoms with Crippen molar-refractivity contribution in [3.63, 3.8) is 0 Å². The number of methoxy groups -OCH3 is 1. The van der Waals surface area contributed by atoms with Gasteiger partial charge in [-0.05, 0) is 36.8 Å². The largest absolute Gasteiger partial charge is 0.496 e. The molecule has 0 saturated carbocycles. The molecule has 2 aromatic carbocycles. The van der Waals surface area contributed by atoms with Crippen molar-refractivity contribution >= 4 is 29.2 Å². The molecule has 1 N–H and O–H groups in total. The van der Waals surface area contributed by atoms with Gasteiger partial charge in [0.05, 0.1) is 36.3 Å². The van der Waals surface area contributed by atoms with Gasteiger partial charge in [-0.15, -0.1) is 0 Å². The molecule has 5 nitrogen and oxygen atoms in total. The second-order valence-electron chi connectivity index (χ2n) is 5.47. The smallest absolute Gasteiger partial charge is 0.308 e. The van der Waals surface area contributed by atoms with Crippen LogP contribution in [0.5, 0.6) is 11.5 Å².